The van der Waals surface area contributed by atoms with Gasteiger partial charge in [-0.15, -0.1) is 0 Å². The van der Waals surface area contributed by atoms with Gasteiger partial charge in [-0.3, -0.25) is 9.59 Å². The Hall–Kier alpha value is -3.28. The van der Waals surface area contributed by atoms with Crippen molar-refractivity contribution >= 4 is 22.7 Å². The van der Waals surface area contributed by atoms with Crippen LogP contribution in [0.3, 0.4) is 0 Å². The molecule has 3 rings (SSSR count). The summed E-state index contributed by atoms with van der Waals surface area (Å²) in [6, 6.07) is 11.3. The van der Waals surface area contributed by atoms with Gasteiger partial charge in [-0.05, 0) is 36.1 Å². The van der Waals surface area contributed by atoms with E-state index in [1.54, 1.807) is 26.5 Å². The molecular formula is C23H25NO5. The van der Waals surface area contributed by atoms with E-state index in [2.05, 4.69) is 11.9 Å². The largest absolute Gasteiger partial charge is 0.497 e. The van der Waals surface area contributed by atoms with Crippen LogP contribution in [0.15, 0.2) is 42.6 Å². The molecule has 0 amide bonds. The molecular weight excluding hydrogens is 370 g/mol. The molecule has 1 aromatic heterocycles. The second-order valence-corrected chi connectivity index (χ2v) is 6.70. The van der Waals surface area contributed by atoms with Crippen LogP contribution in [-0.2, 0) is 22.4 Å². The van der Waals surface area contributed by atoms with Gasteiger partial charge >= 0.3 is 5.97 Å². The highest BCUT2D eigenvalue weighted by molar-refractivity contribution is 6.09. The van der Waals surface area contributed by atoms with E-state index < -0.39 is 5.97 Å². The molecule has 2 aromatic carbocycles. The zero-order valence-electron chi connectivity index (χ0n) is 16.9. The normalized spacial score (nSPS) is 10.7. The lowest BCUT2D eigenvalue weighted by molar-refractivity contribution is -0.142. The average Bonchev–Trinajstić information content (AvgIpc) is 3.20. The number of hydrogen-bond donors (Lipinski definition) is 1. The third-order valence-corrected chi connectivity index (χ3v) is 4.88. The van der Waals surface area contributed by atoms with Gasteiger partial charge in [-0.1, -0.05) is 25.1 Å². The molecule has 0 unspecified atom stereocenters. The lowest BCUT2D eigenvalue weighted by Gasteiger charge is -2.08. The molecule has 1 heterocycles. The number of esters is 1. The highest BCUT2D eigenvalue weighted by atomic mass is 16.5. The number of rotatable bonds is 9. The molecule has 29 heavy (non-hydrogen) atoms. The molecule has 1 N–H and O–H groups in total. The number of ketones is 1. The van der Waals surface area contributed by atoms with E-state index in [0.29, 0.717) is 23.5 Å². The van der Waals surface area contributed by atoms with E-state index in [0.717, 1.165) is 28.5 Å². The minimum Gasteiger partial charge on any atom is -0.497 e. The van der Waals surface area contributed by atoms with Crippen LogP contribution >= 0.6 is 0 Å². The van der Waals surface area contributed by atoms with Gasteiger partial charge in [0.05, 0.1) is 14.2 Å². The number of aryl methyl sites for hydroxylation is 2. The number of hydrogen-bond acceptors (Lipinski definition) is 5. The first-order valence-electron chi connectivity index (χ1n) is 9.55. The lowest BCUT2D eigenvalue weighted by atomic mass is 10.1. The van der Waals surface area contributed by atoms with Crippen molar-refractivity contribution in [1.82, 2.24) is 4.98 Å². The van der Waals surface area contributed by atoms with E-state index in [1.807, 2.05) is 30.3 Å². The van der Waals surface area contributed by atoms with Gasteiger partial charge in [0, 0.05) is 35.2 Å². The molecule has 6 heteroatoms. The Morgan fingerprint density at radius 1 is 1.03 bits per heavy atom. The van der Waals surface area contributed by atoms with E-state index in [9.17, 15) is 9.59 Å². The molecule has 0 radical (unpaired) electrons. The summed E-state index contributed by atoms with van der Waals surface area (Å²) in [5.41, 5.74) is 3.54. The summed E-state index contributed by atoms with van der Waals surface area (Å²) in [6.45, 7) is 1.79. The molecule has 0 aliphatic heterocycles. The predicted molar refractivity (Wildman–Crippen MR) is 111 cm³/mol. The number of para-hydroxylation sites is 1. The van der Waals surface area contributed by atoms with Crippen LogP contribution in [0.2, 0.25) is 0 Å². The molecule has 3 aromatic rings. The summed E-state index contributed by atoms with van der Waals surface area (Å²) in [5.74, 6) is 0.678. The number of nitrogens with one attached hydrogen (secondary N) is 1. The number of Topliss-reactive ketones (excluding diaryl/α,β-unsaturated/α-hetero) is 1. The maximum atomic E-state index is 12.5. The Balaban J connectivity index is 1.58. The Bertz CT molecular complexity index is 999. The molecule has 0 spiro atoms. The maximum absolute atomic E-state index is 12.5. The molecule has 152 valence electrons. The first kappa shape index (κ1) is 20.5. The minimum atomic E-state index is -0.422. The van der Waals surface area contributed by atoms with Crippen LogP contribution in [0.4, 0.5) is 0 Å². The fourth-order valence-electron chi connectivity index (χ4n) is 3.30. The smallest absolute Gasteiger partial charge is 0.306 e. The topological polar surface area (TPSA) is 77.6 Å². The summed E-state index contributed by atoms with van der Waals surface area (Å²) in [6.07, 6.45) is 3.18. The average molecular weight is 395 g/mol. The van der Waals surface area contributed by atoms with E-state index >= 15 is 0 Å². The lowest BCUT2D eigenvalue weighted by Crippen LogP contribution is -2.14. The number of methoxy groups -OCH3 is 2. The van der Waals surface area contributed by atoms with Gasteiger partial charge in [-0.2, -0.15) is 0 Å². The van der Waals surface area contributed by atoms with Crippen LogP contribution in [0.25, 0.3) is 10.9 Å². The summed E-state index contributed by atoms with van der Waals surface area (Å²) < 4.78 is 15.7. The standard InChI is InChI=1S/C23H25NO5/c1-4-16-6-5-7-19-20(13-24-23(16)19)21(25)14-29-22(26)9-8-15-10-17(27-2)12-18(11-15)28-3/h5-7,10-13,24H,4,8-9,14H2,1-3H3. The van der Waals surface area contributed by atoms with Gasteiger partial charge in [0.1, 0.15) is 11.5 Å². The first-order chi connectivity index (χ1) is 14.0. The number of benzene rings is 2. The van der Waals surface area contributed by atoms with E-state index in [4.69, 9.17) is 14.2 Å². The van der Waals surface area contributed by atoms with Crippen LogP contribution in [-0.4, -0.2) is 37.6 Å². The molecule has 6 nitrogen and oxygen atoms in total. The molecule has 0 aliphatic rings. The van der Waals surface area contributed by atoms with Gasteiger partial charge < -0.3 is 19.2 Å². The fourth-order valence-corrected chi connectivity index (χ4v) is 3.30. The Morgan fingerprint density at radius 3 is 2.41 bits per heavy atom. The maximum Gasteiger partial charge on any atom is 0.306 e. The van der Waals surface area contributed by atoms with Crippen LogP contribution < -0.4 is 9.47 Å². The predicted octanol–water partition coefficient (Wildman–Crippen LogP) is 4.11. The van der Waals surface area contributed by atoms with Crippen molar-refractivity contribution in [2.75, 3.05) is 20.8 Å². The van der Waals surface area contributed by atoms with Gasteiger partial charge in [0.15, 0.2) is 6.61 Å². The van der Waals surface area contributed by atoms with Gasteiger partial charge in [0.25, 0.3) is 0 Å². The summed E-state index contributed by atoms with van der Waals surface area (Å²) in [7, 11) is 3.15. The monoisotopic (exact) mass is 395 g/mol. The zero-order chi connectivity index (χ0) is 20.8. The number of fused-ring (bicyclic) bond motifs is 1. The van der Waals surface area contributed by atoms with Crippen molar-refractivity contribution < 1.29 is 23.8 Å². The van der Waals surface area contributed by atoms with Crippen molar-refractivity contribution in [3.05, 3.63) is 59.3 Å². The Morgan fingerprint density at radius 2 is 1.76 bits per heavy atom. The number of ether oxygens (including phenoxy) is 3. The third-order valence-electron chi connectivity index (χ3n) is 4.88. The second kappa shape index (κ2) is 9.28. The third kappa shape index (κ3) is 4.77. The first-order valence-corrected chi connectivity index (χ1v) is 9.55. The second-order valence-electron chi connectivity index (χ2n) is 6.70. The van der Waals surface area contributed by atoms with Gasteiger partial charge in [0.2, 0.25) is 5.78 Å². The molecule has 0 bridgehead atoms. The number of aromatic amines is 1. The highest BCUT2D eigenvalue weighted by Gasteiger charge is 2.16. The van der Waals surface area contributed by atoms with Crippen LogP contribution in [0, 0.1) is 0 Å². The number of aromatic nitrogens is 1. The van der Waals surface area contributed by atoms with Crippen molar-refractivity contribution in [3.63, 3.8) is 0 Å². The van der Waals surface area contributed by atoms with E-state index in [-0.39, 0.29) is 18.8 Å². The summed E-state index contributed by atoms with van der Waals surface area (Å²) >= 11 is 0. The number of carbonyl (C=O) groups is 2. The van der Waals surface area contributed by atoms with E-state index in [1.165, 1.54) is 0 Å². The quantitative estimate of drug-likeness (QED) is 0.436. The summed E-state index contributed by atoms with van der Waals surface area (Å²) in [5, 5.41) is 0.855. The van der Waals surface area contributed by atoms with Crippen LogP contribution in [0.5, 0.6) is 11.5 Å². The summed E-state index contributed by atoms with van der Waals surface area (Å²) in [4.78, 5) is 27.8. The number of H-pyrrole nitrogens is 1. The van der Waals surface area contributed by atoms with Crippen molar-refractivity contribution in [3.8, 4) is 11.5 Å². The Labute approximate surface area is 169 Å². The SMILES string of the molecule is CCc1cccc2c(C(=O)COC(=O)CCc3cc(OC)cc(OC)c3)c[nH]c12. The fraction of sp³-hybridized carbons (Fsp3) is 0.304. The number of carbonyl (C=O) groups excluding carboxylic acids is 2. The van der Waals surface area contributed by atoms with Gasteiger partial charge in [-0.25, -0.2) is 0 Å². The Kier molecular flexibility index (Phi) is 6.54. The van der Waals surface area contributed by atoms with Crippen molar-refractivity contribution in [2.24, 2.45) is 0 Å². The molecule has 0 saturated carbocycles. The zero-order valence-corrected chi connectivity index (χ0v) is 16.9. The van der Waals surface area contributed by atoms with Crippen molar-refractivity contribution in [2.45, 2.75) is 26.2 Å². The van der Waals surface area contributed by atoms with Crippen LogP contribution in [0.1, 0.15) is 34.8 Å². The minimum absolute atomic E-state index is 0.164. The molecule has 0 aliphatic carbocycles. The molecule has 0 saturated heterocycles. The highest BCUT2D eigenvalue weighted by Crippen LogP contribution is 2.24. The molecule has 0 atom stereocenters. The molecule has 0 fully saturated rings. The van der Waals surface area contributed by atoms with Crippen molar-refractivity contribution in [1.29, 1.82) is 0 Å².